The lowest BCUT2D eigenvalue weighted by molar-refractivity contribution is -0.132. The van der Waals surface area contributed by atoms with Gasteiger partial charge in [0.2, 0.25) is 5.91 Å². The zero-order valence-electron chi connectivity index (χ0n) is 19.7. The van der Waals surface area contributed by atoms with Gasteiger partial charge in [-0.05, 0) is 55.8 Å². The first-order chi connectivity index (χ1) is 15.4. The molecule has 0 fully saturated rings. The molecule has 0 spiro atoms. The van der Waals surface area contributed by atoms with Gasteiger partial charge in [0.05, 0.1) is 20.8 Å². The van der Waals surface area contributed by atoms with E-state index in [0.717, 1.165) is 16.9 Å². The Labute approximate surface area is 195 Å². The summed E-state index contributed by atoms with van der Waals surface area (Å²) in [5.41, 5.74) is 1.05. The molecule has 0 aliphatic carbocycles. The van der Waals surface area contributed by atoms with Gasteiger partial charge in [0, 0.05) is 24.0 Å². The summed E-state index contributed by atoms with van der Waals surface area (Å²) in [6.07, 6.45) is 1.45. The van der Waals surface area contributed by atoms with Crippen LogP contribution in [-0.4, -0.2) is 61.6 Å². The van der Waals surface area contributed by atoms with Crippen LogP contribution >= 0.6 is 11.3 Å². The molecule has 32 heavy (non-hydrogen) atoms. The number of nitrogens with zero attached hydrogens (tertiary/aromatic N) is 2. The maximum atomic E-state index is 13.3. The summed E-state index contributed by atoms with van der Waals surface area (Å²) in [4.78, 5) is 30.4. The van der Waals surface area contributed by atoms with E-state index in [1.54, 1.807) is 30.5 Å². The third-order valence-corrected chi connectivity index (χ3v) is 6.28. The summed E-state index contributed by atoms with van der Waals surface area (Å²) in [6.45, 7) is 7.50. The zero-order valence-corrected chi connectivity index (χ0v) is 20.5. The minimum Gasteiger partial charge on any atom is -0.493 e. The lowest BCUT2D eigenvalue weighted by atomic mass is 10.1. The molecule has 1 N–H and O–H groups in total. The van der Waals surface area contributed by atoms with E-state index < -0.39 is 0 Å². The molecule has 2 rings (SSSR count). The molecule has 1 unspecified atom stereocenters. The van der Waals surface area contributed by atoms with Crippen LogP contribution in [-0.2, 0) is 17.8 Å². The number of carbonyl (C=O) groups is 2. The zero-order chi connectivity index (χ0) is 23.5. The molecule has 3 amide bonds. The van der Waals surface area contributed by atoms with Crippen LogP contribution in [0.25, 0.3) is 0 Å². The average molecular weight is 462 g/mol. The first-order valence-corrected chi connectivity index (χ1v) is 11.9. The first-order valence-electron chi connectivity index (χ1n) is 11.0. The second kappa shape index (κ2) is 13.0. The quantitative estimate of drug-likeness (QED) is 0.515. The van der Waals surface area contributed by atoms with Crippen molar-refractivity contribution in [2.24, 2.45) is 0 Å². The fraction of sp³-hybridized carbons (Fsp3) is 0.500. The molecule has 1 aromatic carbocycles. The van der Waals surface area contributed by atoms with Crippen LogP contribution in [0.1, 0.15) is 37.6 Å². The molecular formula is C24H35N3O4S. The third-order valence-electron chi connectivity index (χ3n) is 5.42. The Morgan fingerprint density at radius 2 is 1.88 bits per heavy atom. The van der Waals surface area contributed by atoms with Crippen molar-refractivity contribution in [2.45, 2.75) is 46.2 Å². The first kappa shape index (κ1) is 25.5. The number of benzene rings is 1. The van der Waals surface area contributed by atoms with Crippen molar-refractivity contribution in [3.8, 4) is 11.5 Å². The van der Waals surface area contributed by atoms with Crippen LogP contribution < -0.4 is 14.8 Å². The van der Waals surface area contributed by atoms with Crippen LogP contribution in [0.3, 0.4) is 0 Å². The number of urea groups is 1. The SMILES string of the molecule is CCNC(=O)N(CC(=O)N(CCc1ccc(OC)c(OC)c1)Cc1cccs1)C(C)CC. The van der Waals surface area contributed by atoms with Crippen LogP contribution in [0.5, 0.6) is 11.5 Å². The number of rotatable bonds is 12. The van der Waals surface area contributed by atoms with Crippen molar-refractivity contribution in [3.05, 3.63) is 46.2 Å². The second-order valence-electron chi connectivity index (χ2n) is 7.55. The summed E-state index contributed by atoms with van der Waals surface area (Å²) in [7, 11) is 3.22. The maximum Gasteiger partial charge on any atom is 0.318 e. The van der Waals surface area contributed by atoms with Gasteiger partial charge in [-0.2, -0.15) is 0 Å². The van der Waals surface area contributed by atoms with Gasteiger partial charge < -0.3 is 24.6 Å². The highest BCUT2D eigenvalue weighted by Gasteiger charge is 2.24. The molecule has 1 atom stereocenters. The monoisotopic (exact) mass is 461 g/mol. The predicted octanol–water partition coefficient (Wildman–Crippen LogP) is 4.17. The van der Waals surface area contributed by atoms with Crippen LogP contribution in [0.4, 0.5) is 4.79 Å². The maximum absolute atomic E-state index is 13.3. The molecule has 0 saturated heterocycles. The van der Waals surface area contributed by atoms with Crippen molar-refractivity contribution in [2.75, 3.05) is 33.9 Å². The molecule has 0 aliphatic heterocycles. The number of nitrogens with one attached hydrogen (secondary N) is 1. The fourth-order valence-electron chi connectivity index (χ4n) is 3.33. The van der Waals surface area contributed by atoms with E-state index in [2.05, 4.69) is 5.32 Å². The molecule has 1 heterocycles. The number of carbonyl (C=O) groups excluding carboxylic acids is 2. The molecular weight excluding hydrogens is 426 g/mol. The van der Waals surface area contributed by atoms with E-state index in [1.165, 1.54) is 0 Å². The lowest BCUT2D eigenvalue weighted by Gasteiger charge is -2.31. The van der Waals surface area contributed by atoms with E-state index in [4.69, 9.17) is 9.47 Å². The highest BCUT2D eigenvalue weighted by atomic mass is 32.1. The molecule has 7 nitrogen and oxygen atoms in total. The van der Waals surface area contributed by atoms with Crippen molar-refractivity contribution in [3.63, 3.8) is 0 Å². The minimum absolute atomic E-state index is 0.0278. The summed E-state index contributed by atoms with van der Waals surface area (Å²) < 4.78 is 10.7. The number of amides is 3. The van der Waals surface area contributed by atoms with E-state index in [1.807, 2.05) is 61.4 Å². The number of thiophene rings is 1. The predicted molar refractivity (Wildman–Crippen MR) is 129 cm³/mol. The topological polar surface area (TPSA) is 71.1 Å². The largest absolute Gasteiger partial charge is 0.493 e. The summed E-state index contributed by atoms with van der Waals surface area (Å²) >= 11 is 1.62. The van der Waals surface area contributed by atoms with Gasteiger partial charge in [0.1, 0.15) is 6.54 Å². The van der Waals surface area contributed by atoms with E-state index in [-0.39, 0.29) is 24.5 Å². The minimum atomic E-state index is -0.203. The number of hydrogen-bond donors (Lipinski definition) is 1. The van der Waals surface area contributed by atoms with Gasteiger partial charge in [-0.1, -0.05) is 19.1 Å². The second-order valence-corrected chi connectivity index (χ2v) is 8.59. The highest BCUT2D eigenvalue weighted by molar-refractivity contribution is 7.09. The molecule has 2 aromatic rings. The standard InChI is InChI=1S/C24H35N3O4S/c1-6-18(3)27(24(29)25-7-2)17-23(28)26(16-20-9-8-14-32-20)13-12-19-10-11-21(30-4)22(15-19)31-5/h8-11,14-15,18H,6-7,12-13,16-17H2,1-5H3,(H,25,29). The van der Waals surface area contributed by atoms with Crippen molar-refractivity contribution < 1.29 is 19.1 Å². The van der Waals surface area contributed by atoms with E-state index >= 15 is 0 Å². The molecule has 176 valence electrons. The number of methoxy groups -OCH3 is 2. The van der Waals surface area contributed by atoms with Crippen molar-refractivity contribution >= 4 is 23.3 Å². The van der Waals surface area contributed by atoms with Gasteiger partial charge >= 0.3 is 6.03 Å². The Morgan fingerprint density at radius 3 is 2.47 bits per heavy atom. The summed E-state index contributed by atoms with van der Waals surface area (Å²) in [5.74, 6) is 1.28. The molecule has 0 aliphatic rings. The Balaban J connectivity index is 2.16. The van der Waals surface area contributed by atoms with Crippen LogP contribution in [0, 0.1) is 0 Å². The molecule has 0 bridgehead atoms. The summed E-state index contributed by atoms with van der Waals surface area (Å²) in [5, 5.41) is 4.83. The van der Waals surface area contributed by atoms with Gasteiger partial charge in [-0.3, -0.25) is 4.79 Å². The Bertz CT molecular complexity index is 857. The van der Waals surface area contributed by atoms with E-state index in [0.29, 0.717) is 37.6 Å². The fourth-order valence-corrected chi connectivity index (χ4v) is 4.05. The Morgan fingerprint density at radius 1 is 1.12 bits per heavy atom. The number of hydrogen-bond acceptors (Lipinski definition) is 5. The molecule has 0 saturated carbocycles. The lowest BCUT2D eigenvalue weighted by Crippen LogP contribution is -2.50. The van der Waals surface area contributed by atoms with Gasteiger partial charge in [-0.15, -0.1) is 11.3 Å². The smallest absolute Gasteiger partial charge is 0.318 e. The van der Waals surface area contributed by atoms with Gasteiger partial charge in [0.15, 0.2) is 11.5 Å². The molecule has 0 radical (unpaired) electrons. The number of ether oxygens (including phenoxy) is 2. The summed E-state index contributed by atoms with van der Waals surface area (Å²) in [6, 6.07) is 9.57. The average Bonchev–Trinajstić information content (AvgIpc) is 3.32. The Kier molecular flexibility index (Phi) is 10.3. The normalized spacial score (nSPS) is 11.5. The van der Waals surface area contributed by atoms with Gasteiger partial charge in [-0.25, -0.2) is 4.79 Å². The Hall–Kier alpha value is -2.74. The van der Waals surface area contributed by atoms with Gasteiger partial charge in [0.25, 0.3) is 0 Å². The van der Waals surface area contributed by atoms with Crippen molar-refractivity contribution in [1.82, 2.24) is 15.1 Å². The van der Waals surface area contributed by atoms with Crippen LogP contribution in [0.15, 0.2) is 35.7 Å². The molecule has 1 aromatic heterocycles. The third kappa shape index (κ3) is 7.15. The van der Waals surface area contributed by atoms with E-state index in [9.17, 15) is 9.59 Å². The molecule has 8 heteroatoms. The highest BCUT2D eigenvalue weighted by Crippen LogP contribution is 2.28. The van der Waals surface area contributed by atoms with Crippen molar-refractivity contribution in [1.29, 1.82) is 0 Å². The van der Waals surface area contributed by atoms with Crippen LogP contribution in [0.2, 0.25) is 0 Å².